The van der Waals surface area contributed by atoms with Crippen LogP contribution in [-0.4, -0.2) is 13.1 Å². The van der Waals surface area contributed by atoms with Crippen molar-refractivity contribution in [1.82, 2.24) is 0 Å². The monoisotopic (exact) mass is 236 g/mol. The minimum atomic E-state index is 0.481. The topological polar surface area (TPSA) is 27.0 Å². The van der Waals surface area contributed by atoms with Gasteiger partial charge in [0.2, 0.25) is 0 Å². The van der Waals surface area contributed by atoms with E-state index in [1.807, 2.05) is 12.1 Å². The van der Waals surface area contributed by atoms with Gasteiger partial charge < -0.3 is 4.90 Å². The van der Waals surface area contributed by atoms with Crippen molar-refractivity contribution >= 4 is 17.3 Å². The van der Waals surface area contributed by atoms with Gasteiger partial charge in [-0.05, 0) is 31.5 Å². The first-order valence-corrected chi connectivity index (χ1v) is 5.90. The van der Waals surface area contributed by atoms with Crippen molar-refractivity contribution in [1.29, 1.82) is 5.26 Å². The molecule has 0 fully saturated rings. The van der Waals surface area contributed by atoms with Crippen molar-refractivity contribution in [2.75, 3.05) is 11.9 Å². The fourth-order valence-electron chi connectivity index (χ4n) is 1.68. The van der Waals surface area contributed by atoms with Crippen molar-refractivity contribution in [3.8, 4) is 6.07 Å². The van der Waals surface area contributed by atoms with Crippen LogP contribution in [0.2, 0.25) is 5.02 Å². The number of rotatable bonds is 4. The van der Waals surface area contributed by atoms with E-state index in [1.54, 1.807) is 6.07 Å². The Hall–Kier alpha value is -1.20. The van der Waals surface area contributed by atoms with Crippen molar-refractivity contribution in [3.05, 3.63) is 28.8 Å². The van der Waals surface area contributed by atoms with E-state index in [2.05, 4.69) is 31.9 Å². The molecule has 0 radical (unpaired) electrons. The zero-order chi connectivity index (χ0) is 12.1. The maximum atomic E-state index is 8.79. The van der Waals surface area contributed by atoms with Crippen molar-refractivity contribution in [2.45, 2.75) is 32.7 Å². The van der Waals surface area contributed by atoms with E-state index in [0.717, 1.165) is 18.5 Å². The molecule has 0 N–H and O–H groups in total. The third-order valence-corrected chi connectivity index (χ3v) is 3.16. The highest BCUT2D eigenvalue weighted by molar-refractivity contribution is 6.32. The molecular formula is C13H17ClN2. The highest BCUT2D eigenvalue weighted by atomic mass is 35.5. The maximum absolute atomic E-state index is 8.79. The van der Waals surface area contributed by atoms with Crippen LogP contribution in [0.4, 0.5) is 5.69 Å². The fourth-order valence-corrected chi connectivity index (χ4v) is 1.90. The highest BCUT2D eigenvalue weighted by Gasteiger charge is 2.10. The van der Waals surface area contributed by atoms with Gasteiger partial charge >= 0.3 is 0 Å². The van der Waals surface area contributed by atoms with Gasteiger partial charge in [0, 0.05) is 18.8 Å². The van der Waals surface area contributed by atoms with Gasteiger partial charge in [-0.3, -0.25) is 0 Å². The Morgan fingerprint density at radius 3 is 2.69 bits per heavy atom. The van der Waals surface area contributed by atoms with E-state index >= 15 is 0 Å². The van der Waals surface area contributed by atoms with Crippen LogP contribution in [0.5, 0.6) is 0 Å². The number of hydrogen-bond donors (Lipinski definition) is 0. The molecule has 0 bridgehead atoms. The lowest BCUT2D eigenvalue weighted by Gasteiger charge is -2.27. The highest BCUT2D eigenvalue weighted by Crippen LogP contribution is 2.24. The summed E-state index contributed by atoms with van der Waals surface area (Å²) in [6.45, 7) is 4.37. The molecule has 0 aliphatic rings. The molecule has 1 aromatic rings. The Kier molecular flexibility index (Phi) is 4.64. The fraction of sp³-hybridized carbons (Fsp3) is 0.462. The second-order valence-electron chi connectivity index (χ2n) is 4.02. The van der Waals surface area contributed by atoms with Crippen LogP contribution in [0.1, 0.15) is 32.3 Å². The van der Waals surface area contributed by atoms with Gasteiger partial charge in [-0.15, -0.1) is 0 Å². The van der Waals surface area contributed by atoms with E-state index < -0.39 is 0 Å². The molecule has 0 aliphatic heterocycles. The van der Waals surface area contributed by atoms with E-state index in [0.29, 0.717) is 16.6 Å². The molecule has 0 spiro atoms. The summed E-state index contributed by atoms with van der Waals surface area (Å²) in [4.78, 5) is 2.19. The zero-order valence-electron chi connectivity index (χ0n) is 10.00. The summed E-state index contributed by atoms with van der Waals surface area (Å²) >= 11 is 6.01. The Bertz CT molecular complexity index is 395. The second-order valence-corrected chi connectivity index (χ2v) is 4.43. The maximum Gasteiger partial charge on any atom is 0.101 e. The number of nitrogens with zero attached hydrogens (tertiary/aromatic N) is 2. The number of benzene rings is 1. The molecular weight excluding hydrogens is 220 g/mol. The minimum absolute atomic E-state index is 0.481. The molecule has 1 atom stereocenters. The number of halogens is 1. The Morgan fingerprint density at radius 1 is 1.50 bits per heavy atom. The van der Waals surface area contributed by atoms with Gasteiger partial charge in [-0.25, -0.2) is 0 Å². The number of hydrogen-bond acceptors (Lipinski definition) is 2. The molecule has 0 aromatic heterocycles. The van der Waals surface area contributed by atoms with E-state index in [-0.39, 0.29) is 0 Å². The van der Waals surface area contributed by atoms with Crippen LogP contribution in [0.3, 0.4) is 0 Å². The van der Waals surface area contributed by atoms with Crippen LogP contribution in [-0.2, 0) is 0 Å². The SMILES string of the molecule is CCCC(C)N(C)c1ccc(C#N)c(Cl)c1. The van der Waals surface area contributed by atoms with Crippen molar-refractivity contribution < 1.29 is 0 Å². The molecule has 0 saturated heterocycles. The molecule has 2 nitrogen and oxygen atoms in total. The molecule has 1 rings (SSSR count). The third kappa shape index (κ3) is 2.90. The summed E-state index contributed by atoms with van der Waals surface area (Å²) in [5.41, 5.74) is 1.59. The lowest BCUT2D eigenvalue weighted by atomic mass is 10.1. The Balaban J connectivity index is 2.89. The molecule has 0 saturated carbocycles. The van der Waals surface area contributed by atoms with Crippen LogP contribution in [0.25, 0.3) is 0 Å². The van der Waals surface area contributed by atoms with Gasteiger partial charge in [0.15, 0.2) is 0 Å². The first kappa shape index (κ1) is 12.9. The minimum Gasteiger partial charge on any atom is -0.372 e. The summed E-state index contributed by atoms with van der Waals surface area (Å²) < 4.78 is 0. The molecule has 0 aliphatic carbocycles. The van der Waals surface area contributed by atoms with Crippen molar-refractivity contribution in [2.24, 2.45) is 0 Å². The smallest absolute Gasteiger partial charge is 0.101 e. The van der Waals surface area contributed by atoms with Gasteiger partial charge in [0.1, 0.15) is 6.07 Å². The summed E-state index contributed by atoms with van der Waals surface area (Å²) in [5.74, 6) is 0. The molecule has 86 valence electrons. The van der Waals surface area contributed by atoms with Gasteiger partial charge in [0.25, 0.3) is 0 Å². The predicted molar refractivity (Wildman–Crippen MR) is 68.9 cm³/mol. The lowest BCUT2D eigenvalue weighted by Crippen LogP contribution is -2.28. The quantitative estimate of drug-likeness (QED) is 0.794. The molecule has 0 heterocycles. The standard InChI is InChI=1S/C13H17ClN2/c1-4-5-10(2)16(3)12-7-6-11(9-15)13(14)8-12/h6-8,10H,4-5H2,1-3H3. The number of anilines is 1. The van der Waals surface area contributed by atoms with Crippen molar-refractivity contribution in [3.63, 3.8) is 0 Å². The average Bonchev–Trinajstić information content (AvgIpc) is 2.28. The van der Waals surface area contributed by atoms with Crippen LogP contribution in [0.15, 0.2) is 18.2 Å². The summed E-state index contributed by atoms with van der Waals surface area (Å²) in [5, 5.41) is 9.32. The second kappa shape index (κ2) is 5.77. The molecule has 0 amide bonds. The normalized spacial score (nSPS) is 11.9. The van der Waals surface area contributed by atoms with Crippen LogP contribution in [0, 0.1) is 11.3 Å². The lowest BCUT2D eigenvalue weighted by molar-refractivity contribution is 0.616. The summed E-state index contributed by atoms with van der Waals surface area (Å²) in [6.07, 6.45) is 2.31. The molecule has 16 heavy (non-hydrogen) atoms. The van der Waals surface area contributed by atoms with E-state index in [4.69, 9.17) is 16.9 Å². The van der Waals surface area contributed by atoms with Gasteiger partial charge in [-0.1, -0.05) is 24.9 Å². The summed E-state index contributed by atoms with van der Waals surface area (Å²) in [7, 11) is 2.05. The molecule has 1 unspecified atom stereocenters. The molecule has 1 aromatic carbocycles. The number of nitriles is 1. The zero-order valence-corrected chi connectivity index (χ0v) is 10.8. The largest absolute Gasteiger partial charge is 0.372 e. The van der Waals surface area contributed by atoms with Crippen LogP contribution < -0.4 is 4.90 Å². The third-order valence-electron chi connectivity index (χ3n) is 2.85. The first-order chi connectivity index (χ1) is 7.60. The average molecular weight is 237 g/mol. The van der Waals surface area contributed by atoms with Crippen LogP contribution >= 0.6 is 11.6 Å². The Morgan fingerprint density at radius 2 is 2.19 bits per heavy atom. The predicted octanol–water partition coefficient (Wildman–Crippen LogP) is 3.84. The van der Waals surface area contributed by atoms with Gasteiger partial charge in [-0.2, -0.15) is 5.26 Å². The summed E-state index contributed by atoms with van der Waals surface area (Å²) in [6, 6.07) is 8.11. The van der Waals surface area contributed by atoms with E-state index in [9.17, 15) is 0 Å². The van der Waals surface area contributed by atoms with Gasteiger partial charge in [0.05, 0.1) is 10.6 Å². The molecule has 3 heteroatoms. The first-order valence-electron chi connectivity index (χ1n) is 5.52. The van der Waals surface area contributed by atoms with E-state index in [1.165, 1.54) is 0 Å². The Labute approximate surface area is 102 Å².